The molecule has 0 unspecified atom stereocenters. The molecule has 4 nitrogen and oxygen atoms in total. The topological polar surface area (TPSA) is 74.6 Å². The second-order valence-corrected chi connectivity index (χ2v) is 1.74. The first kappa shape index (κ1) is 18.0. The molecule has 0 spiro atoms. The minimum absolute atomic E-state index is 0. The first-order chi connectivity index (χ1) is 4.54. The predicted octanol–water partition coefficient (Wildman–Crippen LogP) is -0.379. The fourth-order valence-electron chi connectivity index (χ4n) is 0. The van der Waals surface area contributed by atoms with Crippen LogP contribution in [-0.2, 0) is 9.59 Å². The van der Waals surface area contributed by atoms with Crippen molar-refractivity contribution in [2.45, 2.75) is 0 Å². The van der Waals surface area contributed by atoms with E-state index in [9.17, 15) is 9.59 Å². The summed E-state index contributed by atoms with van der Waals surface area (Å²) >= 11 is 6.83. The first-order valence-corrected chi connectivity index (χ1v) is 3.46. The van der Waals surface area contributed by atoms with Crippen LogP contribution in [0.5, 0.6) is 0 Å². The SMILES string of the molecule is O=C(O)CS.O=C(O)CS.[Sr]. The largest absolute Gasteiger partial charge is 0.481 e. The van der Waals surface area contributed by atoms with Crippen LogP contribution in [-0.4, -0.2) is 79.1 Å². The van der Waals surface area contributed by atoms with Crippen molar-refractivity contribution < 1.29 is 19.8 Å². The number of hydrogen-bond acceptors (Lipinski definition) is 4. The van der Waals surface area contributed by atoms with Gasteiger partial charge in [-0.05, 0) is 0 Å². The Balaban J connectivity index is -0.000000107. The molecule has 0 aliphatic rings. The molecule has 0 aromatic rings. The Morgan fingerprint density at radius 2 is 1.09 bits per heavy atom. The van der Waals surface area contributed by atoms with Crippen molar-refractivity contribution >= 4 is 82.7 Å². The Bertz CT molecular complexity index is 105. The third-order valence-corrected chi connectivity index (χ3v) is 0.812. The standard InChI is InChI=1S/2C2H4O2S.Sr/c2*3-2(4)1-5;/h2*5H,1H2,(H,3,4);. The van der Waals surface area contributed by atoms with Crippen LogP contribution in [0.15, 0.2) is 0 Å². The van der Waals surface area contributed by atoms with Gasteiger partial charge >= 0.3 is 11.9 Å². The monoisotopic (exact) mass is 272 g/mol. The van der Waals surface area contributed by atoms with Gasteiger partial charge in [0, 0.05) is 45.5 Å². The van der Waals surface area contributed by atoms with Crippen molar-refractivity contribution in [2.75, 3.05) is 11.5 Å². The summed E-state index contributed by atoms with van der Waals surface area (Å²) in [7, 11) is 0. The summed E-state index contributed by atoms with van der Waals surface area (Å²) in [6.07, 6.45) is 0. The van der Waals surface area contributed by atoms with Crippen LogP contribution < -0.4 is 0 Å². The Morgan fingerprint density at radius 1 is 1.00 bits per heavy atom. The van der Waals surface area contributed by atoms with Crippen molar-refractivity contribution in [2.24, 2.45) is 0 Å². The van der Waals surface area contributed by atoms with E-state index in [4.69, 9.17) is 10.2 Å². The van der Waals surface area contributed by atoms with Gasteiger partial charge in [0.1, 0.15) is 0 Å². The molecule has 2 N–H and O–H groups in total. The second-order valence-electron chi connectivity index (χ2n) is 1.10. The van der Waals surface area contributed by atoms with Crippen molar-refractivity contribution in [1.82, 2.24) is 0 Å². The van der Waals surface area contributed by atoms with Crippen LogP contribution in [0.3, 0.4) is 0 Å². The molecule has 0 rings (SSSR count). The van der Waals surface area contributed by atoms with Gasteiger partial charge in [0.2, 0.25) is 0 Å². The molecule has 0 heterocycles. The molecule has 0 bridgehead atoms. The predicted molar refractivity (Wildman–Crippen MR) is 48.7 cm³/mol. The van der Waals surface area contributed by atoms with Gasteiger partial charge in [-0.15, -0.1) is 0 Å². The molecular weight excluding hydrogens is 264 g/mol. The van der Waals surface area contributed by atoms with Gasteiger partial charge < -0.3 is 10.2 Å². The third-order valence-electron chi connectivity index (χ3n) is 0.271. The Kier molecular flexibility index (Phi) is 22.4. The molecule has 0 saturated carbocycles. The van der Waals surface area contributed by atoms with Gasteiger partial charge in [-0.25, -0.2) is 0 Å². The molecule has 0 aromatic heterocycles. The third kappa shape index (κ3) is 35.3. The van der Waals surface area contributed by atoms with E-state index in [1.807, 2.05) is 0 Å². The van der Waals surface area contributed by atoms with E-state index in [2.05, 4.69) is 25.3 Å². The average molecular weight is 272 g/mol. The minimum Gasteiger partial charge on any atom is -0.481 e. The molecule has 0 atom stereocenters. The van der Waals surface area contributed by atoms with Crippen molar-refractivity contribution in [3.8, 4) is 0 Å². The number of rotatable bonds is 2. The first-order valence-electron chi connectivity index (χ1n) is 2.20. The summed E-state index contributed by atoms with van der Waals surface area (Å²) < 4.78 is 0. The van der Waals surface area contributed by atoms with Gasteiger partial charge in [-0.3, -0.25) is 9.59 Å². The summed E-state index contributed by atoms with van der Waals surface area (Å²) in [5.74, 6) is -1.93. The molecule has 0 aliphatic carbocycles. The zero-order valence-electron chi connectivity index (χ0n) is 5.73. The molecule has 0 amide bonds. The summed E-state index contributed by atoms with van der Waals surface area (Å²) in [6, 6.07) is 0. The van der Waals surface area contributed by atoms with Gasteiger partial charge in [0.15, 0.2) is 0 Å². The van der Waals surface area contributed by atoms with Crippen LogP contribution in [0.25, 0.3) is 0 Å². The molecule has 0 fully saturated rings. The van der Waals surface area contributed by atoms with Crippen molar-refractivity contribution in [3.05, 3.63) is 0 Å². The number of carboxylic acid groups (broad SMARTS) is 2. The number of carbonyl (C=O) groups is 2. The number of hydrogen-bond donors (Lipinski definition) is 4. The van der Waals surface area contributed by atoms with Crippen LogP contribution in [0.4, 0.5) is 0 Å². The summed E-state index contributed by atoms with van der Waals surface area (Å²) in [5, 5.41) is 15.3. The van der Waals surface area contributed by atoms with Crippen LogP contribution in [0, 0.1) is 0 Å². The normalized spacial score (nSPS) is 6.73. The molecule has 2 radical (unpaired) electrons. The van der Waals surface area contributed by atoms with Crippen LogP contribution in [0.1, 0.15) is 0 Å². The molecule has 0 aliphatic heterocycles. The molecule has 7 heteroatoms. The number of aliphatic carboxylic acids is 2. The smallest absolute Gasteiger partial charge is 0.313 e. The Hall–Kier alpha value is 1.12. The summed E-state index contributed by atoms with van der Waals surface area (Å²) in [6.45, 7) is 0. The van der Waals surface area contributed by atoms with E-state index in [1.54, 1.807) is 0 Å². The van der Waals surface area contributed by atoms with E-state index < -0.39 is 11.9 Å². The summed E-state index contributed by atoms with van der Waals surface area (Å²) in [4.78, 5) is 18.6. The minimum atomic E-state index is -0.881. The maximum atomic E-state index is 9.29. The van der Waals surface area contributed by atoms with Gasteiger partial charge in [-0.1, -0.05) is 0 Å². The molecule has 0 saturated heterocycles. The van der Waals surface area contributed by atoms with E-state index in [0.29, 0.717) is 0 Å². The van der Waals surface area contributed by atoms with Gasteiger partial charge in [-0.2, -0.15) is 25.3 Å². The molecule has 62 valence electrons. The maximum Gasteiger partial charge on any atom is 0.313 e. The fourth-order valence-corrected chi connectivity index (χ4v) is 0. The molecule has 0 aromatic carbocycles. The Morgan fingerprint density at radius 3 is 1.09 bits per heavy atom. The van der Waals surface area contributed by atoms with Crippen LogP contribution in [0.2, 0.25) is 0 Å². The van der Waals surface area contributed by atoms with E-state index in [-0.39, 0.29) is 57.0 Å². The van der Waals surface area contributed by atoms with Crippen LogP contribution >= 0.6 is 25.3 Å². The zero-order valence-corrected chi connectivity index (χ0v) is 11.0. The van der Waals surface area contributed by atoms with Crippen molar-refractivity contribution in [3.63, 3.8) is 0 Å². The second kappa shape index (κ2) is 13.7. The fraction of sp³-hybridized carbons (Fsp3) is 0.500. The number of thiol groups is 2. The number of carboxylic acids is 2. The molecule has 11 heavy (non-hydrogen) atoms. The molecular formula is C4H8O4S2Sr. The van der Waals surface area contributed by atoms with E-state index in [1.165, 1.54) is 0 Å². The van der Waals surface area contributed by atoms with E-state index in [0.717, 1.165) is 0 Å². The zero-order chi connectivity index (χ0) is 8.57. The van der Waals surface area contributed by atoms with Gasteiger partial charge in [0.05, 0.1) is 11.5 Å². The summed E-state index contributed by atoms with van der Waals surface area (Å²) in [5.41, 5.74) is 0. The van der Waals surface area contributed by atoms with E-state index >= 15 is 0 Å². The average Bonchev–Trinajstić information content (AvgIpc) is 1.89. The Labute approximate surface area is 112 Å². The maximum absolute atomic E-state index is 9.29. The van der Waals surface area contributed by atoms with Crippen molar-refractivity contribution in [1.29, 1.82) is 0 Å². The van der Waals surface area contributed by atoms with Gasteiger partial charge in [0.25, 0.3) is 0 Å². The quantitative estimate of drug-likeness (QED) is 0.408.